The largest absolute Gasteiger partial charge is 0.368 e. The van der Waals surface area contributed by atoms with E-state index in [2.05, 4.69) is 29.6 Å². The van der Waals surface area contributed by atoms with Crippen LogP contribution in [-0.4, -0.2) is 153 Å². The van der Waals surface area contributed by atoms with Crippen molar-refractivity contribution in [2.45, 2.75) is 83.1 Å². The van der Waals surface area contributed by atoms with E-state index in [1.165, 1.54) is 26.8 Å². The lowest BCUT2D eigenvalue weighted by Gasteiger charge is -2.36. The highest BCUT2D eigenvalue weighted by molar-refractivity contribution is 7.89. The number of amidine groups is 1. The van der Waals surface area contributed by atoms with Crippen LogP contribution >= 0.6 is 0 Å². The smallest absolute Gasteiger partial charge is 0.242 e. The predicted octanol–water partition coefficient (Wildman–Crippen LogP) is 4.05. The molecule has 0 fully saturated rings. The Balaban J connectivity index is 0.00000713. The van der Waals surface area contributed by atoms with E-state index in [0.717, 1.165) is 16.7 Å². The van der Waals surface area contributed by atoms with E-state index in [1.54, 1.807) is 21.9 Å². The summed E-state index contributed by atoms with van der Waals surface area (Å²) in [7, 11) is -3.97. The average molecular weight is 1040 g/mol. The van der Waals surface area contributed by atoms with Gasteiger partial charge in [0.2, 0.25) is 39.6 Å². The zero-order valence-corrected chi connectivity index (χ0v) is 44.7. The fraction of sp³-hybridized carbons (Fsp3) is 0.455. The average Bonchev–Trinajstić information content (AvgIpc) is 3.40. The highest BCUT2D eigenvalue weighted by atomic mass is 32.2. The molecule has 5 amide bonds. The van der Waals surface area contributed by atoms with Gasteiger partial charge in [-0.05, 0) is 92.9 Å². The Morgan fingerprint density at radius 3 is 1.49 bits per heavy atom. The van der Waals surface area contributed by atoms with Crippen molar-refractivity contribution >= 4 is 45.4 Å². The van der Waals surface area contributed by atoms with Gasteiger partial charge in [-0.15, -0.1) is 0 Å². The van der Waals surface area contributed by atoms with Crippen LogP contribution in [0.2, 0.25) is 0 Å². The lowest BCUT2D eigenvalue weighted by atomic mass is 9.91. The third-order valence-electron chi connectivity index (χ3n) is 12.4. The molecule has 4 aromatic carbocycles. The van der Waals surface area contributed by atoms with Crippen LogP contribution in [0.1, 0.15) is 94.0 Å². The summed E-state index contributed by atoms with van der Waals surface area (Å²) in [6.45, 7) is 8.15. The molecule has 0 aliphatic heterocycles. The topological polar surface area (TPSA) is 276 Å². The van der Waals surface area contributed by atoms with Gasteiger partial charge >= 0.3 is 0 Å². The number of primary amides is 1. The minimum absolute atomic E-state index is 0.00324. The molecule has 0 heterocycles. The van der Waals surface area contributed by atoms with Crippen molar-refractivity contribution in [2.75, 3.05) is 85.1 Å². The number of hydrogen-bond donors (Lipinski definition) is 6. The molecule has 0 aliphatic rings. The third-order valence-corrected chi connectivity index (χ3v) is 13.3. The van der Waals surface area contributed by atoms with E-state index in [0.29, 0.717) is 63.8 Å². The predicted molar refractivity (Wildman–Crippen MR) is 292 cm³/mol. The Bertz CT molecular complexity index is 2390. The SMILES string of the molecule is CC.CCCN(CC(=N)N(CC(=O)N(CCc1ccc(S(N)(=O)=O)cc1)CC(=O)N(CCCCN)CC(=O)N(CCCCN)CC(N)=O)C(C)c1ccccc1)C(=O)CNCC(c1ccccc1)c1ccccc1. The number of nitrogens with zero attached hydrogens (tertiary/aromatic N) is 5. The van der Waals surface area contributed by atoms with E-state index in [1.807, 2.05) is 94.4 Å². The van der Waals surface area contributed by atoms with Crippen LogP contribution in [0.25, 0.3) is 0 Å². The Hall–Kier alpha value is -6.51. The summed E-state index contributed by atoms with van der Waals surface area (Å²) in [5.74, 6) is -2.46. The Labute approximate surface area is 439 Å². The van der Waals surface area contributed by atoms with Crippen LogP contribution in [0.4, 0.5) is 0 Å². The lowest BCUT2D eigenvalue weighted by molar-refractivity contribution is -0.145. The summed E-state index contributed by atoms with van der Waals surface area (Å²) in [4.78, 5) is 76.3. The summed E-state index contributed by atoms with van der Waals surface area (Å²) < 4.78 is 24.0. The number of benzene rings is 4. The van der Waals surface area contributed by atoms with Gasteiger partial charge in [-0.2, -0.15) is 0 Å². The number of nitrogens with one attached hydrogen (secondary N) is 2. The number of primary sulfonamides is 1. The maximum atomic E-state index is 14.9. The zero-order chi connectivity index (χ0) is 54.5. The van der Waals surface area contributed by atoms with Crippen LogP contribution in [0.3, 0.4) is 0 Å². The van der Waals surface area contributed by atoms with Crippen LogP contribution in [-0.2, 0) is 40.4 Å². The fourth-order valence-electron chi connectivity index (χ4n) is 8.29. The first kappa shape index (κ1) is 61.8. The van der Waals surface area contributed by atoms with Gasteiger partial charge in [0.05, 0.1) is 50.2 Å². The van der Waals surface area contributed by atoms with Crippen molar-refractivity contribution in [1.82, 2.24) is 29.8 Å². The van der Waals surface area contributed by atoms with Crippen LogP contribution < -0.4 is 27.7 Å². The highest BCUT2D eigenvalue weighted by Crippen LogP contribution is 2.24. The minimum atomic E-state index is -3.97. The van der Waals surface area contributed by atoms with Gasteiger partial charge < -0.3 is 47.0 Å². The molecule has 0 radical (unpaired) electrons. The third kappa shape index (κ3) is 21.1. The molecule has 1 atom stereocenters. The normalized spacial score (nSPS) is 11.5. The van der Waals surface area contributed by atoms with Crippen molar-refractivity contribution < 1.29 is 32.4 Å². The first-order chi connectivity index (χ1) is 35.6. The van der Waals surface area contributed by atoms with Gasteiger partial charge in [0.25, 0.3) is 0 Å². The molecule has 18 nitrogen and oxygen atoms in total. The molecular weight excluding hydrogens is 959 g/mol. The quantitative estimate of drug-likeness (QED) is 0.0231. The molecular formula is C55H81N11O7S. The van der Waals surface area contributed by atoms with E-state index in [9.17, 15) is 37.8 Å². The van der Waals surface area contributed by atoms with E-state index < -0.39 is 46.2 Å². The van der Waals surface area contributed by atoms with E-state index in [4.69, 9.17) is 22.3 Å². The van der Waals surface area contributed by atoms with Crippen molar-refractivity contribution in [3.05, 3.63) is 138 Å². The van der Waals surface area contributed by atoms with Crippen molar-refractivity contribution in [1.29, 1.82) is 5.41 Å². The fourth-order valence-corrected chi connectivity index (χ4v) is 8.80. The number of hydrogen-bond acceptors (Lipinski definition) is 11. The van der Waals surface area contributed by atoms with Crippen molar-refractivity contribution in [3.8, 4) is 0 Å². The van der Waals surface area contributed by atoms with Gasteiger partial charge in [-0.1, -0.05) is 124 Å². The van der Waals surface area contributed by atoms with Gasteiger partial charge in [-0.3, -0.25) is 29.4 Å². The first-order valence-corrected chi connectivity index (χ1v) is 27.2. The molecule has 0 saturated heterocycles. The molecule has 10 N–H and O–H groups in total. The lowest BCUT2D eigenvalue weighted by Crippen LogP contribution is -2.52. The molecule has 0 spiro atoms. The second-order valence-corrected chi connectivity index (χ2v) is 19.4. The first-order valence-electron chi connectivity index (χ1n) is 25.7. The zero-order valence-electron chi connectivity index (χ0n) is 43.9. The summed E-state index contributed by atoms with van der Waals surface area (Å²) in [5.41, 5.74) is 20.7. The van der Waals surface area contributed by atoms with Crippen LogP contribution in [0.15, 0.2) is 120 Å². The molecule has 0 aromatic heterocycles. The molecule has 74 heavy (non-hydrogen) atoms. The number of rotatable bonds is 32. The molecule has 0 bridgehead atoms. The van der Waals surface area contributed by atoms with E-state index in [-0.39, 0.29) is 81.3 Å². The number of unbranched alkanes of at least 4 members (excludes halogenated alkanes) is 2. The summed E-state index contributed by atoms with van der Waals surface area (Å²) in [6, 6.07) is 34.9. The molecule has 0 aliphatic carbocycles. The Kier molecular flexibility index (Phi) is 27.8. The Morgan fingerprint density at radius 1 is 0.581 bits per heavy atom. The minimum Gasteiger partial charge on any atom is -0.368 e. The van der Waals surface area contributed by atoms with Gasteiger partial charge in [0.15, 0.2) is 0 Å². The molecule has 404 valence electrons. The molecule has 4 rings (SSSR count). The molecule has 4 aromatic rings. The van der Waals surface area contributed by atoms with Crippen LogP contribution in [0.5, 0.6) is 0 Å². The number of sulfonamides is 1. The number of amides is 5. The maximum Gasteiger partial charge on any atom is 0.242 e. The molecule has 1 unspecified atom stereocenters. The second-order valence-electron chi connectivity index (χ2n) is 17.8. The van der Waals surface area contributed by atoms with Crippen molar-refractivity contribution in [3.63, 3.8) is 0 Å². The highest BCUT2D eigenvalue weighted by Gasteiger charge is 2.30. The standard InChI is InChI=1S/C53H75N11O7S.C2H6/c1-3-30-60(50(66)35-59-34-47(44-19-9-5-10-20-44)45-21-11-6-12-22-45)36-48(56)64(41(2)43-17-7-4-8-18-43)40-53(69)63(33-27-42-23-25-46(26-24-42)72(58,70)71)39-52(68)62(32-16-14-29-55)38-51(67)61(37-49(57)65)31-15-13-28-54;1-2/h4-12,17-26,41,47,56,59H,3,13-16,27-40,54-55H2,1-2H3,(H2,57,65)(H2,58,70,71);1-2H3. The monoisotopic (exact) mass is 1040 g/mol. The number of carbonyl (C=O) groups excluding carboxylic acids is 5. The Morgan fingerprint density at radius 2 is 1.03 bits per heavy atom. The summed E-state index contributed by atoms with van der Waals surface area (Å²) in [5, 5.41) is 18.3. The van der Waals surface area contributed by atoms with Crippen LogP contribution in [0, 0.1) is 5.41 Å². The second kappa shape index (κ2) is 33.3. The number of carbonyl (C=O) groups is 5. The van der Waals surface area contributed by atoms with E-state index >= 15 is 0 Å². The van der Waals surface area contributed by atoms with Gasteiger partial charge in [0.1, 0.15) is 5.84 Å². The van der Waals surface area contributed by atoms with Crippen molar-refractivity contribution in [2.24, 2.45) is 22.3 Å². The summed E-state index contributed by atoms with van der Waals surface area (Å²) >= 11 is 0. The van der Waals surface area contributed by atoms with Gasteiger partial charge in [-0.25, -0.2) is 13.6 Å². The molecule has 0 saturated carbocycles. The maximum absolute atomic E-state index is 14.9. The number of nitrogens with two attached hydrogens (primary N) is 4. The van der Waals surface area contributed by atoms with Gasteiger partial charge in [0, 0.05) is 38.6 Å². The summed E-state index contributed by atoms with van der Waals surface area (Å²) in [6.07, 6.45) is 2.97. The molecule has 19 heteroatoms.